The Kier molecular flexibility index (Phi) is 3.10. The lowest BCUT2D eigenvalue weighted by atomic mass is 10.1. The molecular formula is C11H10BrClN4O2. The molecule has 0 bridgehead atoms. The Morgan fingerprint density at radius 1 is 1.58 bits per heavy atom. The molecule has 1 amide bonds. The molecule has 2 aromatic heterocycles. The SMILES string of the molecule is O=C(O)N1CC[C@H](c2nc(Br)c3c(Cl)nccn23)C1. The Morgan fingerprint density at radius 2 is 2.37 bits per heavy atom. The minimum atomic E-state index is -0.887. The van der Waals surface area contributed by atoms with Gasteiger partial charge in [-0.1, -0.05) is 11.6 Å². The Morgan fingerprint density at radius 3 is 3.05 bits per heavy atom. The Balaban J connectivity index is 2.03. The van der Waals surface area contributed by atoms with E-state index in [0.717, 1.165) is 12.2 Å². The van der Waals surface area contributed by atoms with E-state index < -0.39 is 6.09 Å². The first-order valence-electron chi connectivity index (χ1n) is 5.73. The first kappa shape index (κ1) is 12.7. The smallest absolute Gasteiger partial charge is 0.407 e. The zero-order chi connectivity index (χ0) is 13.6. The highest BCUT2D eigenvalue weighted by molar-refractivity contribution is 9.10. The number of imidazole rings is 1. The van der Waals surface area contributed by atoms with Crippen molar-refractivity contribution in [2.24, 2.45) is 0 Å². The number of carbonyl (C=O) groups is 1. The average molecular weight is 346 g/mol. The number of fused-ring (bicyclic) bond motifs is 1. The predicted molar refractivity (Wildman–Crippen MR) is 72.7 cm³/mol. The molecule has 3 rings (SSSR count). The van der Waals surface area contributed by atoms with Gasteiger partial charge in [0.05, 0.1) is 0 Å². The normalized spacial score (nSPS) is 19.3. The van der Waals surface area contributed by atoms with Crippen LogP contribution in [0.1, 0.15) is 18.2 Å². The van der Waals surface area contributed by atoms with Crippen molar-refractivity contribution < 1.29 is 9.90 Å². The van der Waals surface area contributed by atoms with E-state index in [9.17, 15) is 4.79 Å². The van der Waals surface area contributed by atoms with Crippen LogP contribution in [0.4, 0.5) is 4.79 Å². The van der Waals surface area contributed by atoms with Crippen LogP contribution in [0.15, 0.2) is 17.0 Å². The molecule has 100 valence electrons. The third-order valence-corrected chi connectivity index (χ3v) is 4.15. The molecule has 0 saturated carbocycles. The second-order valence-electron chi connectivity index (χ2n) is 4.41. The molecule has 0 unspecified atom stereocenters. The highest BCUT2D eigenvalue weighted by Crippen LogP contribution is 2.32. The van der Waals surface area contributed by atoms with E-state index in [1.807, 2.05) is 4.40 Å². The molecule has 0 radical (unpaired) electrons. The number of rotatable bonds is 1. The van der Waals surface area contributed by atoms with Crippen LogP contribution >= 0.6 is 27.5 Å². The first-order chi connectivity index (χ1) is 9.08. The number of amides is 1. The fourth-order valence-corrected chi connectivity index (χ4v) is 3.33. The van der Waals surface area contributed by atoms with Crippen LogP contribution in [-0.2, 0) is 0 Å². The summed E-state index contributed by atoms with van der Waals surface area (Å²) in [6.45, 7) is 0.992. The summed E-state index contributed by atoms with van der Waals surface area (Å²) in [7, 11) is 0. The maximum absolute atomic E-state index is 11.0. The topological polar surface area (TPSA) is 70.7 Å². The van der Waals surface area contributed by atoms with Gasteiger partial charge in [-0.2, -0.15) is 0 Å². The molecule has 3 heterocycles. The zero-order valence-corrected chi connectivity index (χ0v) is 12.1. The summed E-state index contributed by atoms with van der Waals surface area (Å²) in [4.78, 5) is 20.8. The fraction of sp³-hybridized carbons (Fsp3) is 0.364. The molecule has 1 fully saturated rings. The Hall–Kier alpha value is -1.34. The van der Waals surface area contributed by atoms with Crippen LogP contribution in [0.3, 0.4) is 0 Å². The average Bonchev–Trinajstić information content (AvgIpc) is 2.95. The van der Waals surface area contributed by atoms with Gasteiger partial charge < -0.3 is 10.0 Å². The van der Waals surface area contributed by atoms with E-state index >= 15 is 0 Å². The summed E-state index contributed by atoms with van der Waals surface area (Å²) in [6, 6.07) is 0. The van der Waals surface area contributed by atoms with Crippen molar-refractivity contribution in [3.8, 4) is 0 Å². The van der Waals surface area contributed by atoms with Crippen LogP contribution in [0.5, 0.6) is 0 Å². The standard InChI is InChI=1S/C11H10BrClN4O2/c12-8-7-9(13)14-2-4-17(7)10(15-8)6-1-3-16(5-6)11(18)19/h2,4,6H,1,3,5H2,(H,18,19)/t6-/m0/s1. The van der Waals surface area contributed by atoms with Gasteiger partial charge in [0.15, 0.2) is 5.15 Å². The molecule has 0 aromatic carbocycles. The molecule has 0 spiro atoms. The molecule has 2 aromatic rings. The summed E-state index contributed by atoms with van der Waals surface area (Å²) >= 11 is 9.43. The lowest BCUT2D eigenvalue weighted by Gasteiger charge is -2.11. The number of nitrogens with zero attached hydrogens (tertiary/aromatic N) is 4. The minimum absolute atomic E-state index is 0.0772. The van der Waals surface area contributed by atoms with Gasteiger partial charge in [-0.05, 0) is 22.4 Å². The molecule has 6 nitrogen and oxygen atoms in total. The van der Waals surface area contributed by atoms with Gasteiger partial charge in [0.25, 0.3) is 0 Å². The summed E-state index contributed by atoms with van der Waals surface area (Å²) in [6.07, 6.45) is 3.27. The van der Waals surface area contributed by atoms with Gasteiger partial charge in [-0.3, -0.25) is 4.40 Å². The fourth-order valence-electron chi connectivity index (χ4n) is 2.42. The van der Waals surface area contributed by atoms with Gasteiger partial charge in [0.1, 0.15) is 15.9 Å². The predicted octanol–water partition coefficient (Wildman–Crippen LogP) is 2.61. The number of carboxylic acid groups (broad SMARTS) is 1. The number of hydrogen-bond acceptors (Lipinski definition) is 3. The summed E-state index contributed by atoms with van der Waals surface area (Å²) in [5, 5.41) is 9.37. The molecule has 1 aliphatic rings. The Bertz CT molecular complexity index is 659. The van der Waals surface area contributed by atoms with Crippen LogP contribution in [-0.4, -0.2) is 43.6 Å². The quantitative estimate of drug-likeness (QED) is 0.862. The summed E-state index contributed by atoms with van der Waals surface area (Å²) in [5.41, 5.74) is 0.716. The van der Waals surface area contributed by atoms with Gasteiger partial charge >= 0.3 is 6.09 Å². The molecular weight excluding hydrogens is 336 g/mol. The highest BCUT2D eigenvalue weighted by atomic mass is 79.9. The van der Waals surface area contributed by atoms with E-state index in [0.29, 0.717) is 28.4 Å². The molecule has 0 aliphatic carbocycles. The minimum Gasteiger partial charge on any atom is -0.465 e. The van der Waals surface area contributed by atoms with E-state index in [2.05, 4.69) is 25.9 Å². The monoisotopic (exact) mass is 344 g/mol. The molecule has 19 heavy (non-hydrogen) atoms. The van der Waals surface area contributed by atoms with Crippen LogP contribution in [0.2, 0.25) is 5.15 Å². The van der Waals surface area contributed by atoms with Crippen molar-refractivity contribution in [2.75, 3.05) is 13.1 Å². The highest BCUT2D eigenvalue weighted by Gasteiger charge is 2.30. The third kappa shape index (κ3) is 2.06. The Labute approximate surface area is 122 Å². The maximum atomic E-state index is 11.0. The van der Waals surface area contributed by atoms with Crippen molar-refractivity contribution in [3.63, 3.8) is 0 Å². The maximum Gasteiger partial charge on any atom is 0.407 e. The lowest BCUT2D eigenvalue weighted by molar-refractivity contribution is 0.155. The van der Waals surface area contributed by atoms with Gasteiger partial charge in [0.2, 0.25) is 0 Å². The summed E-state index contributed by atoms with van der Waals surface area (Å²) < 4.78 is 2.50. The van der Waals surface area contributed by atoms with Crippen LogP contribution < -0.4 is 0 Å². The molecule has 1 N–H and O–H groups in total. The molecule has 1 atom stereocenters. The van der Waals surface area contributed by atoms with Gasteiger partial charge in [-0.15, -0.1) is 0 Å². The van der Waals surface area contributed by atoms with E-state index in [4.69, 9.17) is 16.7 Å². The second kappa shape index (κ2) is 4.64. The van der Waals surface area contributed by atoms with E-state index in [-0.39, 0.29) is 5.92 Å². The molecule has 8 heteroatoms. The van der Waals surface area contributed by atoms with Crippen LogP contribution in [0, 0.1) is 0 Å². The second-order valence-corrected chi connectivity index (χ2v) is 5.52. The third-order valence-electron chi connectivity index (χ3n) is 3.32. The molecule has 1 saturated heterocycles. The van der Waals surface area contributed by atoms with E-state index in [1.54, 1.807) is 12.4 Å². The van der Waals surface area contributed by atoms with Gasteiger partial charge in [0, 0.05) is 31.4 Å². The van der Waals surface area contributed by atoms with Crippen LogP contribution in [0.25, 0.3) is 5.52 Å². The largest absolute Gasteiger partial charge is 0.465 e. The van der Waals surface area contributed by atoms with Crippen molar-refractivity contribution in [1.29, 1.82) is 0 Å². The first-order valence-corrected chi connectivity index (χ1v) is 6.91. The zero-order valence-electron chi connectivity index (χ0n) is 9.75. The summed E-state index contributed by atoms with van der Waals surface area (Å²) in [5.74, 6) is 0.892. The van der Waals surface area contributed by atoms with Crippen molar-refractivity contribution in [1.82, 2.24) is 19.3 Å². The van der Waals surface area contributed by atoms with Crippen molar-refractivity contribution in [2.45, 2.75) is 12.3 Å². The van der Waals surface area contributed by atoms with Gasteiger partial charge in [-0.25, -0.2) is 14.8 Å². The number of likely N-dealkylation sites (tertiary alicyclic amines) is 1. The van der Waals surface area contributed by atoms with Crippen molar-refractivity contribution in [3.05, 3.63) is 28.0 Å². The number of halogens is 2. The van der Waals surface area contributed by atoms with Crippen molar-refractivity contribution >= 4 is 39.1 Å². The lowest BCUT2D eigenvalue weighted by Crippen LogP contribution is -2.26. The number of hydrogen-bond donors (Lipinski definition) is 1. The molecule has 1 aliphatic heterocycles. The van der Waals surface area contributed by atoms with E-state index in [1.165, 1.54) is 4.90 Å². The number of aromatic nitrogens is 3.